The molecule has 1 aromatic rings. The lowest BCUT2D eigenvalue weighted by atomic mass is 9.94. The maximum Gasteiger partial charge on any atom is 0.417 e. The molecule has 0 aliphatic heterocycles. The van der Waals surface area contributed by atoms with Crippen molar-refractivity contribution >= 4 is 11.5 Å². The van der Waals surface area contributed by atoms with E-state index in [-0.39, 0.29) is 11.1 Å². The van der Waals surface area contributed by atoms with Crippen molar-refractivity contribution in [2.24, 2.45) is 0 Å². The van der Waals surface area contributed by atoms with Crippen LogP contribution in [0.3, 0.4) is 0 Å². The fourth-order valence-electron chi connectivity index (χ4n) is 1.90. The molecule has 0 aromatic heterocycles. The van der Waals surface area contributed by atoms with Crippen molar-refractivity contribution in [3.63, 3.8) is 0 Å². The van der Waals surface area contributed by atoms with Crippen LogP contribution in [0.25, 0.3) is 5.57 Å². The van der Waals surface area contributed by atoms with Gasteiger partial charge in [-0.2, -0.15) is 13.2 Å². The van der Waals surface area contributed by atoms with E-state index >= 15 is 0 Å². The van der Waals surface area contributed by atoms with Crippen LogP contribution in [-0.2, 0) is 6.18 Å². The number of alkyl halides is 3. The van der Waals surface area contributed by atoms with Crippen LogP contribution in [0.5, 0.6) is 0 Å². The highest BCUT2D eigenvalue weighted by Crippen LogP contribution is 2.36. The molecule has 0 fully saturated rings. The van der Waals surface area contributed by atoms with Crippen LogP contribution >= 0.6 is 0 Å². The lowest BCUT2D eigenvalue weighted by molar-refractivity contribution is -0.137. The topological polar surface area (TPSA) is 37.3 Å². The van der Waals surface area contributed by atoms with Crippen LogP contribution in [0.15, 0.2) is 24.3 Å². The predicted molar refractivity (Wildman–Crippen MR) is 67.0 cm³/mol. The second-order valence-corrected chi connectivity index (χ2v) is 4.13. The summed E-state index contributed by atoms with van der Waals surface area (Å²) >= 11 is 0. The quantitative estimate of drug-likeness (QED) is 0.869. The van der Waals surface area contributed by atoms with E-state index in [0.717, 1.165) is 6.42 Å². The lowest BCUT2D eigenvalue weighted by Crippen LogP contribution is -2.11. The van der Waals surface area contributed by atoms with Gasteiger partial charge in [-0.15, -0.1) is 0 Å². The number of carboxylic acid groups (broad SMARTS) is 1. The number of carbonyl (C=O) groups is 1. The molecular formula is C14H15F3O2. The third-order valence-corrected chi connectivity index (χ3v) is 2.79. The zero-order valence-electron chi connectivity index (χ0n) is 10.7. The molecule has 0 aliphatic rings. The number of rotatable bonds is 4. The van der Waals surface area contributed by atoms with Crippen LogP contribution < -0.4 is 0 Å². The Balaban J connectivity index is 3.43. The maximum absolute atomic E-state index is 13.0. The molecule has 1 aromatic carbocycles. The largest absolute Gasteiger partial charge is 0.478 e. The summed E-state index contributed by atoms with van der Waals surface area (Å²) in [6.45, 7) is 3.55. The normalized spacial score (nSPS) is 12.6. The SMILES string of the molecule is C/C=C(\CCC)c1ccc(C(=O)O)cc1C(F)(F)F. The van der Waals surface area contributed by atoms with Gasteiger partial charge in [0.25, 0.3) is 0 Å². The van der Waals surface area contributed by atoms with Gasteiger partial charge in [0.1, 0.15) is 0 Å². The average Bonchev–Trinajstić information content (AvgIpc) is 2.34. The van der Waals surface area contributed by atoms with Gasteiger partial charge >= 0.3 is 12.1 Å². The molecule has 0 aliphatic carbocycles. The summed E-state index contributed by atoms with van der Waals surface area (Å²) in [5, 5.41) is 8.78. The van der Waals surface area contributed by atoms with Gasteiger partial charge < -0.3 is 5.11 Å². The second-order valence-electron chi connectivity index (χ2n) is 4.13. The molecule has 0 saturated heterocycles. The Kier molecular flexibility index (Phi) is 4.75. The first-order valence-corrected chi connectivity index (χ1v) is 5.91. The highest BCUT2D eigenvalue weighted by Gasteiger charge is 2.34. The molecule has 0 saturated carbocycles. The second kappa shape index (κ2) is 5.91. The van der Waals surface area contributed by atoms with Crippen molar-refractivity contribution in [1.82, 2.24) is 0 Å². The molecular weight excluding hydrogens is 257 g/mol. The van der Waals surface area contributed by atoms with E-state index in [1.807, 2.05) is 6.92 Å². The van der Waals surface area contributed by atoms with Crippen molar-refractivity contribution in [1.29, 1.82) is 0 Å². The summed E-state index contributed by atoms with van der Waals surface area (Å²) in [6.07, 6.45) is -1.69. The first-order valence-electron chi connectivity index (χ1n) is 5.91. The molecule has 104 valence electrons. The molecule has 1 N–H and O–H groups in total. The Morgan fingerprint density at radius 2 is 2.00 bits per heavy atom. The monoisotopic (exact) mass is 272 g/mol. The van der Waals surface area contributed by atoms with Gasteiger partial charge in [-0.05, 0) is 36.6 Å². The first-order chi connectivity index (χ1) is 8.81. The number of halogens is 3. The van der Waals surface area contributed by atoms with Crippen molar-refractivity contribution < 1.29 is 23.1 Å². The number of hydrogen-bond donors (Lipinski definition) is 1. The third-order valence-electron chi connectivity index (χ3n) is 2.79. The Morgan fingerprint density at radius 3 is 2.42 bits per heavy atom. The average molecular weight is 272 g/mol. The van der Waals surface area contributed by atoms with E-state index < -0.39 is 17.7 Å². The molecule has 0 bridgehead atoms. The van der Waals surface area contributed by atoms with Crippen molar-refractivity contribution in [3.05, 3.63) is 41.0 Å². The first kappa shape index (κ1) is 15.3. The fourth-order valence-corrected chi connectivity index (χ4v) is 1.90. The van der Waals surface area contributed by atoms with Gasteiger partial charge in [-0.25, -0.2) is 4.79 Å². The van der Waals surface area contributed by atoms with E-state index in [2.05, 4.69) is 0 Å². The number of benzene rings is 1. The molecule has 2 nitrogen and oxygen atoms in total. The van der Waals surface area contributed by atoms with Crippen LogP contribution in [0.2, 0.25) is 0 Å². The standard InChI is InChI=1S/C14H15F3O2/c1-3-5-9(4-2)11-7-6-10(13(18)19)8-12(11)14(15,16)17/h4,6-8H,3,5H2,1-2H3,(H,18,19)/b9-4+. The molecule has 5 heteroatoms. The predicted octanol–water partition coefficient (Wildman–Crippen LogP) is 4.61. The van der Waals surface area contributed by atoms with Crippen LogP contribution in [-0.4, -0.2) is 11.1 Å². The summed E-state index contributed by atoms with van der Waals surface area (Å²) in [5.41, 5.74) is -0.620. The highest BCUT2D eigenvalue weighted by molar-refractivity contribution is 5.88. The van der Waals surface area contributed by atoms with Crippen molar-refractivity contribution in [2.45, 2.75) is 32.9 Å². The van der Waals surface area contributed by atoms with E-state index in [4.69, 9.17) is 5.11 Å². The van der Waals surface area contributed by atoms with E-state index in [1.54, 1.807) is 13.0 Å². The molecule has 0 spiro atoms. The molecule has 0 radical (unpaired) electrons. The van der Waals surface area contributed by atoms with Crippen LogP contribution in [0.1, 0.15) is 48.2 Å². The fraction of sp³-hybridized carbons (Fsp3) is 0.357. The van der Waals surface area contributed by atoms with E-state index in [1.165, 1.54) is 12.1 Å². The van der Waals surface area contributed by atoms with Gasteiger partial charge in [-0.3, -0.25) is 0 Å². The van der Waals surface area contributed by atoms with Crippen molar-refractivity contribution in [2.75, 3.05) is 0 Å². The minimum atomic E-state index is -4.57. The summed E-state index contributed by atoms with van der Waals surface area (Å²) in [7, 11) is 0. The minimum Gasteiger partial charge on any atom is -0.478 e. The van der Waals surface area contributed by atoms with Crippen LogP contribution in [0, 0.1) is 0 Å². The van der Waals surface area contributed by atoms with Gasteiger partial charge in [0.15, 0.2) is 0 Å². The third kappa shape index (κ3) is 3.59. The molecule has 19 heavy (non-hydrogen) atoms. The number of aromatic carboxylic acids is 1. The Hall–Kier alpha value is -1.78. The molecule has 0 heterocycles. The Labute approximate surface area is 109 Å². The summed E-state index contributed by atoms with van der Waals surface area (Å²) < 4.78 is 39.0. The molecule has 0 atom stereocenters. The highest BCUT2D eigenvalue weighted by atomic mass is 19.4. The van der Waals surface area contributed by atoms with Gasteiger partial charge in [0, 0.05) is 0 Å². The number of hydrogen-bond acceptors (Lipinski definition) is 1. The summed E-state index contributed by atoms with van der Waals surface area (Å²) in [6, 6.07) is 3.13. The zero-order chi connectivity index (χ0) is 14.6. The Morgan fingerprint density at radius 1 is 1.37 bits per heavy atom. The van der Waals surface area contributed by atoms with E-state index in [0.29, 0.717) is 18.1 Å². The number of allylic oxidation sites excluding steroid dienone is 2. The molecule has 1 rings (SSSR count). The van der Waals surface area contributed by atoms with Gasteiger partial charge in [-0.1, -0.05) is 25.5 Å². The zero-order valence-corrected chi connectivity index (χ0v) is 10.7. The number of carboxylic acids is 1. The summed E-state index contributed by atoms with van der Waals surface area (Å²) in [5.74, 6) is -1.37. The maximum atomic E-state index is 13.0. The Bertz CT molecular complexity index is 502. The lowest BCUT2D eigenvalue weighted by Gasteiger charge is -2.15. The minimum absolute atomic E-state index is 0.0573. The van der Waals surface area contributed by atoms with E-state index in [9.17, 15) is 18.0 Å². The molecule has 0 unspecified atom stereocenters. The molecule has 0 amide bonds. The van der Waals surface area contributed by atoms with Gasteiger partial charge in [0.2, 0.25) is 0 Å². The summed E-state index contributed by atoms with van der Waals surface area (Å²) in [4.78, 5) is 10.8. The van der Waals surface area contributed by atoms with Gasteiger partial charge in [0.05, 0.1) is 11.1 Å². The smallest absolute Gasteiger partial charge is 0.417 e. The van der Waals surface area contributed by atoms with Crippen molar-refractivity contribution in [3.8, 4) is 0 Å². The van der Waals surface area contributed by atoms with Crippen LogP contribution in [0.4, 0.5) is 13.2 Å².